The van der Waals surface area contributed by atoms with Gasteiger partial charge in [-0.1, -0.05) is 18.2 Å². The molecular weight excluding hydrogens is 306 g/mol. The average Bonchev–Trinajstić information content (AvgIpc) is 2.81. The van der Waals surface area contributed by atoms with Crippen molar-refractivity contribution in [1.29, 1.82) is 0 Å². The number of hydrogen-bond donors (Lipinski definition) is 1. The number of rotatable bonds is 3. The number of aromatic nitrogens is 2. The van der Waals surface area contributed by atoms with Crippen molar-refractivity contribution in [2.75, 3.05) is 11.5 Å². The maximum atomic E-state index is 12.2. The molecule has 0 spiro atoms. The molecule has 1 saturated heterocycles. The summed E-state index contributed by atoms with van der Waals surface area (Å²) in [4.78, 5) is 24.2. The first-order valence-electron chi connectivity index (χ1n) is 6.89. The van der Waals surface area contributed by atoms with E-state index in [0.717, 1.165) is 4.68 Å². The molecule has 1 N–H and O–H groups in total. The van der Waals surface area contributed by atoms with Crippen LogP contribution in [0.4, 0.5) is 0 Å². The van der Waals surface area contributed by atoms with Crippen molar-refractivity contribution in [2.24, 2.45) is 0 Å². The Morgan fingerprint density at radius 3 is 2.86 bits per heavy atom. The van der Waals surface area contributed by atoms with Crippen LogP contribution in [0.25, 0.3) is 10.8 Å². The molecule has 7 nitrogen and oxygen atoms in total. The molecule has 1 unspecified atom stereocenters. The van der Waals surface area contributed by atoms with Gasteiger partial charge in [-0.2, -0.15) is 5.10 Å². The van der Waals surface area contributed by atoms with Crippen LogP contribution in [-0.2, 0) is 21.2 Å². The van der Waals surface area contributed by atoms with Gasteiger partial charge in [-0.3, -0.25) is 9.59 Å². The zero-order valence-corrected chi connectivity index (χ0v) is 12.5. The van der Waals surface area contributed by atoms with E-state index < -0.39 is 15.7 Å². The Bertz CT molecular complexity index is 888. The standard InChI is InChI=1S/C14H15N3O4S/c18-13(16-11-5-6-22(20,21)9-11)8-17-14(19)12-4-2-1-3-10(12)7-15-17/h1-4,7,11H,5-6,8-9H2,(H,16,18). The van der Waals surface area contributed by atoms with E-state index in [1.54, 1.807) is 24.3 Å². The zero-order chi connectivity index (χ0) is 15.7. The summed E-state index contributed by atoms with van der Waals surface area (Å²) < 4.78 is 23.8. The summed E-state index contributed by atoms with van der Waals surface area (Å²) in [6, 6.07) is 6.63. The Morgan fingerprint density at radius 1 is 1.36 bits per heavy atom. The summed E-state index contributed by atoms with van der Waals surface area (Å²) in [5.74, 6) is -0.364. The fourth-order valence-corrected chi connectivity index (χ4v) is 4.23. The minimum absolute atomic E-state index is 0.0429. The van der Waals surface area contributed by atoms with Crippen LogP contribution in [0.15, 0.2) is 35.3 Å². The summed E-state index contributed by atoms with van der Waals surface area (Å²) in [7, 11) is -3.05. The van der Waals surface area contributed by atoms with Crippen molar-refractivity contribution in [3.05, 3.63) is 40.8 Å². The fourth-order valence-electron chi connectivity index (χ4n) is 2.56. The highest BCUT2D eigenvalue weighted by Crippen LogP contribution is 2.11. The summed E-state index contributed by atoms with van der Waals surface area (Å²) in [5.41, 5.74) is -0.340. The van der Waals surface area contributed by atoms with E-state index in [2.05, 4.69) is 10.4 Å². The highest BCUT2D eigenvalue weighted by molar-refractivity contribution is 7.91. The normalized spacial score (nSPS) is 20.1. The van der Waals surface area contributed by atoms with E-state index in [-0.39, 0.29) is 29.7 Å². The van der Waals surface area contributed by atoms with Gasteiger partial charge in [-0.05, 0) is 12.5 Å². The van der Waals surface area contributed by atoms with Gasteiger partial charge in [0.05, 0.1) is 23.1 Å². The molecule has 1 aliphatic heterocycles. The Hall–Kier alpha value is -2.22. The first kappa shape index (κ1) is 14.7. The lowest BCUT2D eigenvalue weighted by molar-refractivity contribution is -0.122. The monoisotopic (exact) mass is 321 g/mol. The molecule has 8 heteroatoms. The smallest absolute Gasteiger partial charge is 0.275 e. The van der Waals surface area contributed by atoms with Crippen molar-refractivity contribution in [2.45, 2.75) is 19.0 Å². The minimum atomic E-state index is -3.05. The molecule has 0 saturated carbocycles. The molecule has 1 fully saturated rings. The van der Waals surface area contributed by atoms with Crippen LogP contribution < -0.4 is 10.9 Å². The topological polar surface area (TPSA) is 98.1 Å². The van der Waals surface area contributed by atoms with Gasteiger partial charge < -0.3 is 5.32 Å². The predicted octanol–water partition coefficient (Wildman–Crippen LogP) is -0.300. The highest BCUT2D eigenvalue weighted by Gasteiger charge is 2.28. The van der Waals surface area contributed by atoms with Gasteiger partial charge in [0, 0.05) is 11.4 Å². The SMILES string of the molecule is O=C(Cn1ncc2ccccc2c1=O)NC1CCS(=O)(=O)C1. The molecule has 1 amide bonds. The molecule has 0 bridgehead atoms. The number of amides is 1. The fraction of sp³-hybridized carbons (Fsp3) is 0.357. The molecule has 3 rings (SSSR count). The maximum absolute atomic E-state index is 12.2. The second-order valence-electron chi connectivity index (χ2n) is 5.36. The van der Waals surface area contributed by atoms with E-state index >= 15 is 0 Å². The van der Waals surface area contributed by atoms with Crippen LogP contribution in [0.1, 0.15) is 6.42 Å². The number of carbonyl (C=O) groups excluding carboxylic acids is 1. The van der Waals surface area contributed by atoms with Crippen molar-refractivity contribution in [3.63, 3.8) is 0 Å². The summed E-state index contributed by atoms with van der Waals surface area (Å²) in [5, 5.41) is 7.82. The van der Waals surface area contributed by atoms with Crippen LogP contribution in [-0.4, -0.2) is 41.7 Å². The van der Waals surface area contributed by atoms with Crippen LogP contribution >= 0.6 is 0 Å². The van der Waals surface area contributed by atoms with Crippen molar-refractivity contribution < 1.29 is 13.2 Å². The van der Waals surface area contributed by atoms with Gasteiger partial charge in [0.15, 0.2) is 9.84 Å². The lowest BCUT2D eigenvalue weighted by atomic mass is 10.2. The molecule has 0 radical (unpaired) electrons. The number of nitrogens with zero attached hydrogens (tertiary/aromatic N) is 2. The second kappa shape index (κ2) is 5.53. The Morgan fingerprint density at radius 2 is 2.14 bits per heavy atom. The van der Waals surface area contributed by atoms with E-state index in [1.807, 2.05) is 0 Å². The largest absolute Gasteiger partial charge is 0.351 e. The van der Waals surface area contributed by atoms with Crippen molar-refractivity contribution in [1.82, 2.24) is 15.1 Å². The molecule has 116 valence electrons. The maximum Gasteiger partial charge on any atom is 0.275 e. The summed E-state index contributed by atoms with van der Waals surface area (Å²) in [6.45, 7) is -0.222. The van der Waals surface area contributed by atoms with Crippen molar-refractivity contribution >= 4 is 26.5 Å². The zero-order valence-electron chi connectivity index (χ0n) is 11.7. The molecule has 1 aromatic heterocycles. The number of benzene rings is 1. The number of fused-ring (bicyclic) bond motifs is 1. The molecule has 2 heterocycles. The van der Waals surface area contributed by atoms with Gasteiger partial charge >= 0.3 is 0 Å². The van der Waals surface area contributed by atoms with Gasteiger partial charge in [-0.25, -0.2) is 13.1 Å². The number of sulfone groups is 1. The first-order chi connectivity index (χ1) is 10.4. The average molecular weight is 321 g/mol. The van der Waals surface area contributed by atoms with E-state index in [9.17, 15) is 18.0 Å². The molecule has 0 aliphatic carbocycles. The lowest BCUT2D eigenvalue weighted by Gasteiger charge is -2.11. The van der Waals surface area contributed by atoms with Gasteiger partial charge in [0.25, 0.3) is 5.56 Å². The van der Waals surface area contributed by atoms with Crippen LogP contribution in [0.5, 0.6) is 0 Å². The number of hydrogen-bond acceptors (Lipinski definition) is 5. The Balaban J connectivity index is 1.75. The van der Waals surface area contributed by atoms with E-state index in [1.165, 1.54) is 6.20 Å². The van der Waals surface area contributed by atoms with Crippen LogP contribution in [0.2, 0.25) is 0 Å². The van der Waals surface area contributed by atoms with Gasteiger partial charge in [0.2, 0.25) is 5.91 Å². The Kier molecular flexibility index (Phi) is 3.69. The van der Waals surface area contributed by atoms with Gasteiger partial charge in [-0.15, -0.1) is 0 Å². The second-order valence-corrected chi connectivity index (χ2v) is 7.59. The van der Waals surface area contributed by atoms with Crippen LogP contribution in [0, 0.1) is 0 Å². The highest BCUT2D eigenvalue weighted by atomic mass is 32.2. The number of nitrogens with one attached hydrogen (secondary N) is 1. The summed E-state index contributed by atoms with van der Waals surface area (Å²) in [6.07, 6.45) is 1.94. The summed E-state index contributed by atoms with van der Waals surface area (Å²) >= 11 is 0. The lowest BCUT2D eigenvalue weighted by Crippen LogP contribution is -2.40. The predicted molar refractivity (Wildman–Crippen MR) is 81.2 cm³/mol. The Labute approximate surface area is 126 Å². The molecule has 1 atom stereocenters. The third kappa shape index (κ3) is 3.01. The molecule has 22 heavy (non-hydrogen) atoms. The van der Waals surface area contributed by atoms with Crippen molar-refractivity contribution in [3.8, 4) is 0 Å². The minimum Gasteiger partial charge on any atom is -0.351 e. The van der Waals surface area contributed by atoms with E-state index in [0.29, 0.717) is 17.2 Å². The first-order valence-corrected chi connectivity index (χ1v) is 8.71. The van der Waals surface area contributed by atoms with E-state index in [4.69, 9.17) is 0 Å². The molecule has 2 aromatic rings. The number of carbonyl (C=O) groups is 1. The quantitative estimate of drug-likeness (QED) is 0.837. The van der Waals surface area contributed by atoms with Crippen LogP contribution in [0.3, 0.4) is 0 Å². The molecule has 1 aromatic carbocycles. The molecular formula is C14H15N3O4S. The third-order valence-corrected chi connectivity index (χ3v) is 5.42. The molecule has 1 aliphatic rings. The third-order valence-electron chi connectivity index (χ3n) is 3.65. The van der Waals surface area contributed by atoms with Gasteiger partial charge in [0.1, 0.15) is 6.54 Å².